The smallest absolute Gasteiger partial charge is 0.261 e. The first-order valence-corrected chi connectivity index (χ1v) is 9.73. The Labute approximate surface area is 163 Å². The van der Waals surface area contributed by atoms with Crippen molar-refractivity contribution in [3.8, 4) is 5.75 Å². The molecule has 0 saturated carbocycles. The molecule has 1 N–H and O–H groups in total. The minimum absolute atomic E-state index is 0.0249. The van der Waals surface area contributed by atoms with Crippen molar-refractivity contribution in [1.82, 2.24) is 9.55 Å². The molecule has 0 aliphatic carbocycles. The SMILES string of the molecule is CCCCOc1ccc(NC(=O)c2ccc3c(=O)n4c(nc3c2)CCC4)cc1. The van der Waals surface area contributed by atoms with Crippen LogP contribution < -0.4 is 15.6 Å². The van der Waals surface area contributed by atoms with Crippen molar-refractivity contribution < 1.29 is 9.53 Å². The average molecular weight is 377 g/mol. The number of carbonyl (C=O) groups is 1. The first kappa shape index (κ1) is 18.2. The van der Waals surface area contributed by atoms with Crippen molar-refractivity contribution in [3.63, 3.8) is 0 Å². The number of carbonyl (C=O) groups excluding carboxylic acids is 1. The van der Waals surface area contributed by atoms with Gasteiger partial charge in [-0.2, -0.15) is 0 Å². The predicted octanol–water partition coefficient (Wildman–Crippen LogP) is 3.77. The van der Waals surface area contributed by atoms with Gasteiger partial charge in [0.05, 0.1) is 17.5 Å². The molecular formula is C22H23N3O3. The number of benzene rings is 2. The third kappa shape index (κ3) is 3.63. The minimum Gasteiger partial charge on any atom is -0.494 e. The van der Waals surface area contributed by atoms with Gasteiger partial charge in [-0.15, -0.1) is 0 Å². The van der Waals surface area contributed by atoms with Crippen molar-refractivity contribution in [3.05, 3.63) is 64.2 Å². The summed E-state index contributed by atoms with van der Waals surface area (Å²) in [5.41, 5.74) is 1.72. The van der Waals surface area contributed by atoms with E-state index in [-0.39, 0.29) is 11.5 Å². The summed E-state index contributed by atoms with van der Waals surface area (Å²) in [7, 11) is 0. The van der Waals surface area contributed by atoms with E-state index in [0.717, 1.165) is 43.8 Å². The molecule has 3 aromatic rings. The summed E-state index contributed by atoms with van der Waals surface area (Å²) in [6.07, 6.45) is 3.84. The van der Waals surface area contributed by atoms with Gasteiger partial charge in [-0.1, -0.05) is 13.3 Å². The highest BCUT2D eigenvalue weighted by Crippen LogP contribution is 2.19. The van der Waals surface area contributed by atoms with Crippen molar-refractivity contribution in [1.29, 1.82) is 0 Å². The molecule has 4 rings (SSSR count). The molecule has 6 heteroatoms. The summed E-state index contributed by atoms with van der Waals surface area (Å²) in [6, 6.07) is 12.4. The zero-order valence-electron chi connectivity index (χ0n) is 15.9. The topological polar surface area (TPSA) is 73.2 Å². The van der Waals surface area contributed by atoms with E-state index in [9.17, 15) is 9.59 Å². The van der Waals surface area contributed by atoms with Crippen LogP contribution in [0.5, 0.6) is 5.75 Å². The Balaban J connectivity index is 1.51. The number of fused-ring (bicyclic) bond motifs is 2. The first-order chi connectivity index (χ1) is 13.7. The van der Waals surface area contributed by atoms with E-state index in [2.05, 4.69) is 17.2 Å². The fraction of sp³-hybridized carbons (Fsp3) is 0.318. The number of aromatic nitrogens is 2. The number of hydrogen-bond donors (Lipinski definition) is 1. The zero-order chi connectivity index (χ0) is 19.5. The molecule has 28 heavy (non-hydrogen) atoms. The van der Waals surface area contributed by atoms with Gasteiger partial charge in [0.1, 0.15) is 11.6 Å². The molecule has 0 atom stereocenters. The first-order valence-electron chi connectivity index (χ1n) is 9.73. The molecule has 0 saturated heterocycles. The van der Waals surface area contributed by atoms with Crippen LogP contribution in [0.25, 0.3) is 10.9 Å². The van der Waals surface area contributed by atoms with E-state index in [4.69, 9.17) is 4.74 Å². The molecule has 6 nitrogen and oxygen atoms in total. The second kappa shape index (κ2) is 7.84. The Morgan fingerprint density at radius 1 is 1.21 bits per heavy atom. The van der Waals surface area contributed by atoms with Gasteiger partial charge in [-0.25, -0.2) is 4.98 Å². The average Bonchev–Trinajstić information content (AvgIpc) is 3.18. The molecule has 144 valence electrons. The van der Waals surface area contributed by atoms with Crippen LogP contribution in [-0.2, 0) is 13.0 Å². The van der Waals surface area contributed by atoms with Gasteiger partial charge in [0.25, 0.3) is 11.5 Å². The zero-order valence-corrected chi connectivity index (χ0v) is 15.9. The molecule has 1 aromatic heterocycles. The maximum Gasteiger partial charge on any atom is 0.261 e. The molecule has 2 aromatic carbocycles. The molecule has 0 bridgehead atoms. The third-order valence-electron chi connectivity index (χ3n) is 4.96. The molecule has 1 amide bonds. The predicted molar refractivity (Wildman–Crippen MR) is 109 cm³/mol. The number of hydrogen-bond acceptors (Lipinski definition) is 4. The normalized spacial score (nSPS) is 12.8. The largest absolute Gasteiger partial charge is 0.494 e. The number of rotatable bonds is 6. The maximum absolute atomic E-state index is 12.6. The second-order valence-electron chi connectivity index (χ2n) is 7.00. The molecule has 1 aliphatic rings. The number of amides is 1. The fourth-order valence-electron chi connectivity index (χ4n) is 3.40. The van der Waals surface area contributed by atoms with Crippen LogP contribution >= 0.6 is 0 Å². The lowest BCUT2D eigenvalue weighted by molar-refractivity contribution is 0.102. The Morgan fingerprint density at radius 2 is 2.04 bits per heavy atom. The summed E-state index contributed by atoms with van der Waals surface area (Å²) in [6.45, 7) is 3.53. The number of aryl methyl sites for hydroxylation is 1. The molecule has 0 fully saturated rings. The highest BCUT2D eigenvalue weighted by Gasteiger charge is 2.17. The van der Waals surface area contributed by atoms with Crippen molar-refractivity contribution in [2.24, 2.45) is 0 Å². The van der Waals surface area contributed by atoms with E-state index in [1.807, 2.05) is 24.3 Å². The van der Waals surface area contributed by atoms with Crippen LogP contribution in [0.4, 0.5) is 5.69 Å². The number of ether oxygens (including phenoxy) is 1. The fourth-order valence-corrected chi connectivity index (χ4v) is 3.40. The van der Waals surface area contributed by atoms with Gasteiger partial charge in [0.15, 0.2) is 0 Å². The van der Waals surface area contributed by atoms with Gasteiger partial charge in [0, 0.05) is 24.2 Å². The monoisotopic (exact) mass is 377 g/mol. The van der Waals surface area contributed by atoms with E-state index < -0.39 is 0 Å². The van der Waals surface area contributed by atoms with Crippen molar-refractivity contribution in [2.75, 3.05) is 11.9 Å². The molecule has 2 heterocycles. The number of nitrogens with one attached hydrogen (secondary N) is 1. The molecule has 1 aliphatic heterocycles. The number of nitrogens with zero attached hydrogens (tertiary/aromatic N) is 2. The minimum atomic E-state index is -0.232. The van der Waals surface area contributed by atoms with Crippen LogP contribution in [0.2, 0.25) is 0 Å². The van der Waals surface area contributed by atoms with Gasteiger partial charge < -0.3 is 10.1 Å². The van der Waals surface area contributed by atoms with Crippen molar-refractivity contribution in [2.45, 2.75) is 39.2 Å². The molecule has 0 spiro atoms. The molecule has 0 unspecified atom stereocenters. The van der Waals surface area contributed by atoms with E-state index in [0.29, 0.717) is 28.8 Å². The highest BCUT2D eigenvalue weighted by molar-refractivity contribution is 6.06. The molecular weight excluding hydrogens is 354 g/mol. The summed E-state index contributed by atoms with van der Waals surface area (Å²) in [5.74, 6) is 1.35. The van der Waals surface area contributed by atoms with Crippen LogP contribution in [0.15, 0.2) is 47.3 Å². The maximum atomic E-state index is 12.6. The van der Waals surface area contributed by atoms with Gasteiger partial charge in [-0.3, -0.25) is 14.2 Å². The Hall–Kier alpha value is -3.15. The van der Waals surface area contributed by atoms with Crippen molar-refractivity contribution >= 4 is 22.5 Å². The van der Waals surface area contributed by atoms with Crippen LogP contribution in [-0.4, -0.2) is 22.1 Å². The van der Waals surface area contributed by atoms with Gasteiger partial charge in [0.2, 0.25) is 0 Å². The Morgan fingerprint density at radius 3 is 2.82 bits per heavy atom. The lowest BCUT2D eigenvalue weighted by atomic mass is 10.1. The second-order valence-corrected chi connectivity index (χ2v) is 7.00. The highest BCUT2D eigenvalue weighted by atomic mass is 16.5. The van der Waals surface area contributed by atoms with Gasteiger partial charge in [-0.05, 0) is 55.3 Å². The standard InChI is InChI=1S/C22H23N3O3/c1-2-3-13-28-17-9-7-16(8-10-17)23-21(26)15-6-11-18-19(14-15)24-20-5-4-12-25(20)22(18)27/h6-11,14H,2-5,12-13H2,1H3,(H,23,26). The summed E-state index contributed by atoms with van der Waals surface area (Å²) >= 11 is 0. The molecule has 0 radical (unpaired) electrons. The van der Waals surface area contributed by atoms with Crippen LogP contribution in [0, 0.1) is 0 Å². The summed E-state index contributed by atoms with van der Waals surface area (Å²) in [4.78, 5) is 29.7. The Bertz CT molecular complexity index is 1070. The van der Waals surface area contributed by atoms with Crippen LogP contribution in [0.1, 0.15) is 42.4 Å². The summed E-state index contributed by atoms with van der Waals surface area (Å²) < 4.78 is 7.36. The number of unbranched alkanes of at least 4 members (excludes halogenated alkanes) is 1. The lowest BCUT2D eigenvalue weighted by Crippen LogP contribution is -2.21. The summed E-state index contributed by atoms with van der Waals surface area (Å²) in [5, 5.41) is 3.43. The van der Waals surface area contributed by atoms with Crippen LogP contribution in [0.3, 0.4) is 0 Å². The Kier molecular flexibility index (Phi) is 5.10. The quantitative estimate of drug-likeness (QED) is 0.664. The third-order valence-corrected chi connectivity index (χ3v) is 4.96. The van der Waals surface area contributed by atoms with Gasteiger partial charge >= 0.3 is 0 Å². The number of anilines is 1. The van der Waals surface area contributed by atoms with E-state index in [1.54, 1.807) is 22.8 Å². The van der Waals surface area contributed by atoms with E-state index >= 15 is 0 Å². The van der Waals surface area contributed by atoms with E-state index in [1.165, 1.54) is 0 Å². The lowest BCUT2D eigenvalue weighted by Gasteiger charge is -2.09.